The van der Waals surface area contributed by atoms with Gasteiger partial charge in [-0.1, -0.05) is 6.92 Å². The van der Waals surface area contributed by atoms with Gasteiger partial charge < -0.3 is 9.88 Å². The van der Waals surface area contributed by atoms with Crippen LogP contribution in [0.3, 0.4) is 0 Å². The minimum Gasteiger partial charge on any atom is -0.352 e. The third-order valence-electron chi connectivity index (χ3n) is 5.89. The first-order valence-corrected chi connectivity index (χ1v) is 12.4. The first-order chi connectivity index (χ1) is 16.5. The highest BCUT2D eigenvalue weighted by Gasteiger charge is 2.33. The number of sulfone groups is 1. The third-order valence-corrected chi connectivity index (χ3v) is 7.52. The van der Waals surface area contributed by atoms with Crippen molar-refractivity contribution in [2.75, 3.05) is 12.3 Å². The molecule has 1 fully saturated rings. The zero-order valence-electron chi connectivity index (χ0n) is 18.7. The van der Waals surface area contributed by atoms with Gasteiger partial charge in [0.05, 0.1) is 16.9 Å². The van der Waals surface area contributed by atoms with Gasteiger partial charge in [-0.3, -0.25) is 4.79 Å². The maximum atomic E-state index is 13.2. The summed E-state index contributed by atoms with van der Waals surface area (Å²) in [6.07, 6.45) is 0.876. The molecule has 1 N–H and O–H groups in total. The fourth-order valence-electron chi connectivity index (χ4n) is 3.70. The molecule has 0 radical (unpaired) electrons. The number of carbonyl (C=O) groups is 1. The van der Waals surface area contributed by atoms with Crippen LogP contribution in [0.4, 0.5) is 13.2 Å². The third kappa shape index (κ3) is 4.11. The maximum Gasteiger partial charge on any atom is 0.417 e. The van der Waals surface area contributed by atoms with E-state index in [4.69, 9.17) is 0 Å². The number of carbonyl (C=O) groups excluding carboxylic acids is 1. The zero-order valence-corrected chi connectivity index (χ0v) is 19.5. The smallest absolute Gasteiger partial charge is 0.352 e. The molecule has 4 aromatic heterocycles. The summed E-state index contributed by atoms with van der Waals surface area (Å²) in [6.45, 7) is 1.99. The number of aromatic nitrogens is 6. The Labute approximate surface area is 197 Å². The minimum absolute atomic E-state index is 0.0193. The Kier molecular flexibility index (Phi) is 5.30. The molecule has 4 aromatic rings. The predicted octanol–water partition coefficient (Wildman–Crippen LogP) is 2.63. The van der Waals surface area contributed by atoms with Crippen molar-refractivity contribution in [2.24, 2.45) is 13.0 Å². The Morgan fingerprint density at radius 3 is 2.57 bits per heavy atom. The van der Waals surface area contributed by atoms with Crippen LogP contribution in [0.5, 0.6) is 0 Å². The van der Waals surface area contributed by atoms with Crippen LogP contribution in [0, 0.1) is 5.92 Å². The molecule has 0 atom stereocenters. The van der Waals surface area contributed by atoms with Crippen LogP contribution in [0.25, 0.3) is 28.2 Å². The van der Waals surface area contributed by atoms with Crippen molar-refractivity contribution in [3.8, 4) is 11.4 Å². The van der Waals surface area contributed by atoms with Crippen LogP contribution >= 0.6 is 0 Å². The summed E-state index contributed by atoms with van der Waals surface area (Å²) >= 11 is 0. The van der Waals surface area contributed by atoms with E-state index in [1.165, 1.54) is 35.4 Å². The SMILES string of the molecule is CCS(=O)(=O)c1nn2cc(C(=O)NCC3CC3)cnc2c1-c1nc2cc(C(F)(F)F)cnc2n1C. The Balaban J connectivity index is 1.68. The van der Waals surface area contributed by atoms with E-state index < -0.39 is 21.6 Å². The van der Waals surface area contributed by atoms with E-state index in [2.05, 4.69) is 25.4 Å². The van der Waals surface area contributed by atoms with Gasteiger partial charge in [-0.2, -0.15) is 18.3 Å². The second-order valence-electron chi connectivity index (χ2n) is 8.41. The molecule has 4 heterocycles. The van der Waals surface area contributed by atoms with Gasteiger partial charge in [0.15, 0.2) is 26.2 Å². The van der Waals surface area contributed by atoms with Crippen LogP contribution in [0.15, 0.2) is 29.7 Å². The standard InChI is InChI=1S/C21H20F3N7O3S/c1-3-35(33,34)20-15(18-28-14-6-13(21(22,23)24)9-26-16(14)30(18)2)17-25-8-12(10-31(17)29-20)19(32)27-7-11-4-5-11/h6,8-11H,3-5,7H2,1-2H3,(H,27,32). The number of rotatable bonds is 6. The second-order valence-corrected chi connectivity index (χ2v) is 10.6. The van der Waals surface area contributed by atoms with E-state index in [-0.39, 0.29) is 50.4 Å². The number of nitrogens with zero attached hydrogens (tertiary/aromatic N) is 6. The van der Waals surface area contributed by atoms with Crippen LogP contribution < -0.4 is 5.32 Å². The Hall–Kier alpha value is -3.55. The van der Waals surface area contributed by atoms with E-state index in [0.717, 1.165) is 18.9 Å². The van der Waals surface area contributed by atoms with Crippen LogP contribution in [-0.2, 0) is 23.1 Å². The summed E-state index contributed by atoms with van der Waals surface area (Å²) in [5, 5.41) is 6.66. The molecule has 0 unspecified atom stereocenters. The van der Waals surface area contributed by atoms with Gasteiger partial charge in [-0.15, -0.1) is 0 Å². The molecule has 1 amide bonds. The molecule has 5 rings (SSSR count). The van der Waals surface area contributed by atoms with Gasteiger partial charge in [0.25, 0.3) is 5.91 Å². The molecule has 0 bridgehead atoms. The number of nitrogens with one attached hydrogen (secondary N) is 1. The number of imidazole rings is 1. The lowest BCUT2D eigenvalue weighted by Gasteiger charge is -2.05. The van der Waals surface area contributed by atoms with E-state index in [1.807, 2.05) is 0 Å². The van der Waals surface area contributed by atoms with E-state index in [9.17, 15) is 26.4 Å². The van der Waals surface area contributed by atoms with Crippen molar-refractivity contribution in [3.05, 3.63) is 35.8 Å². The molecule has 1 aliphatic carbocycles. The fourth-order valence-corrected chi connectivity index (χ4v) is 4.68. The lowest BCUT2D eigenvalue weighted by Crippen LogP contribution is -2.26. The highest BCUT2D eigenvalue weighted by molar-refractivity contribution is 7.91. The molecule has 10 nitrogen and oxygen atoms in total. The summed E-state index contributed by atoms with van der Waals surface area (Å²) in [6, 6.07) is 0.848. The van der Waals surface area contributed by atoms with Gasteiger partial charge in [-0.25, -0.2) is 27.9 Å². The first-order valence-electron chi connectivity index (χ1n) is 10.8. The fraction of sp³-hybridized carbons (Fsp3) is 0.381. The molecule has 0 spiro atoms. The minimum atomic E-state index is -4.61. The molecular formula is C21H20F3N7O3S. The molecule has 0 aliphatic heterocycles. The van der Waals surface area contributed by atoms with Crippen LogP contribution in [0.2, 0.25) is 0 Å². The largest absolute Gasteiger partial charge is 0.417 e. The summed E-state index contributed by atoms with van der Waals surface area (Å²) in [4.78, 5) is 24.9. The number of halogens is 3. The average molecular weight is 507 g/mol. The summed E-state index contributed by atoms with van der Waals surface area (Å²) in [5.41, 5.74) is -0.614. The lowest BCUT2D eigenvalue weighted by atomic mass is 10.2. The maximum absolute atomic E-state index is 13.2. The quantitative estimate of drug-likeness (QED) is 0.425. The number of hydrogen-bond donors (Lipinski definition) is 1. The Morgan fingerprint density at radius 2 is 1.91 bits per heavy atom. The summed E-state index contributed by atoms with van der Waals surface area (Å²) in [5.74, 6) is -0.140. The van der Waals surface area contributed by atoms with Gasteiger partial charge >= 0.3 is 6.18 Å². The summed E-state index contributed by atoms with van der Waals surface area (Å²) < 4.78 is 67.9. The van der Waals surface area contributed by atoms with Crippen molar-refractivity contribution in [1.29, 1.82) is 0 Å². The molecule has 14 heteroatoms. The predicted molar refractivity (Wildman–Crippen MR) is 118 cm³/mol. The van der Waals surface area contributed by atoms with Crippen LogP contribution in [-0.4, -0.2) is 55.8 Å². The molecule has 1 aliphatic rings. The highest BCUT2D eigenvalue weighted by Crippen LogP contribution is 2.34. The highest BCUT2D eigenvalue weighted by atomic mass is 32.2. The van der Waals surface area contributed by atoms with Crippen LogP contribution in [0.1, 0.15) is 35.7 Å². The van der Waals surface area contributed by atoms with Crippen molar-refractivity contribution in [2.45, 2.75) is 31.0 Å². The van der Waals surface area contributed by atoms with Gasteiger partial charge in [-0.05, 0) is 24.8 Å². The number of amides is 1. The number of aryl methyl sites for hydroxylation is 1. The topological polar surface area (TPSA) is 124 Å². The van der Waals surface area contributed by atoms with Gasteiger partial charge in [0, 0.05) is 32.2 Å². The first kappa shape index (κ1) is 23.2. The molecule has 0 saturated heterocycles. The number of hydrogen-bond acceptors (Lipinski definition) is 7. The normalized spacial score (nSPS) is 14.7. The van der Waals surface area contributed by atoms with Crippen molar-refractivity contribution in [3.63, 3.8) is 0 Å². The van der Waals surface area contributed by atoms with Gasteiger partial charge in [0.1, 0.15) is 16.9 Å². The second kappa shape index (κ2) is 8.00. The van der Waals surface area contributed by atoms with E-state index in [1.54, 1.807) is 0 Å². The zero-order chi connectivity index (χ0) is 25.1. The molecule has 184 valence electrons. The molecule has 1 saturated carbocycles. The van der Waals surface area contributed by atoms with E-state index >= 15 is 0 Å². The number of fused-ring (bicyclic) bond motifs is 2. The van der Waals surface area contributed by atoms with Crippen molar-refractivity contribution < 1.29 is 26.4 Å². The molecule has 0 aromatic carbocycles. The van der Waals surface area contributed by atoms with Crippen molar-refractivity contribution >= 4 is 32.6 Å². The lowest BCUT2D eigenvalue weighted by molar-refractivity contribution is -0.137. The monoisotopic (exact) mass is 507 g/mol. The number of pyridine rings is 1. The van der Waals surface area contributed by atoms with E-state index in [0.29, 0.717) is 18.7 Å². The van der Waals surface area contributed by atoms with Crippen molar-refractivity contribution in [1.82, 2.24) is 34.4 Å². The number of alkyl halides is 3. The Morgan fingerprint density at radius 1 is 1.20 bits per heavy atom. The molecular weight excluding hydrogens is 487 g/mol. The van der Waals surface area contributed by atoms with Gasteiger partial charge in [0.2, 0.25) is 0 Å². The Bertz CT molecular complexity index is 1590. The summed E-state index contributed by atoms with van der Waals surface area (Å²) in [7, 11) is -2.39. The average Bonchev–Trinajstić information content (AvgIpc) is 3.49. The molecule has 35 heavy (non-hydrogen) atoms.